The van der Waals surface area contributed by atoms with Crippen LogP contribution in [0.3, 0.4) is 0 Å². The summed E-state index contributed by atoms with van der Waals surface area (Å²) in [6.45, 7) is 0.868. The van der Waals surface area contributed by atoms with Crippen molar-refractivity contribution in [1.29, 1.82) is 0 Å². The Morgan fingerprint density at radius 3 is 2.82 bits per heavy atom. The molecule has 94 valence electrons. The van der Waals surface area contributed by atoms with Crippen LogP contribution < -0.4 is 10.6 Å². The number of nitrogens with zero attached hydrogens (tertiary/aromatic N) is 1. The van der Waals surface area contributed by atoms with Gasteiger partial charge in [-0.3, -0.25) is 4.79 Å². The third-order valence-electron chi connectivity index (χ3n) is 3.10. The maximum absolute atomic E-state index is 11.8. The molecule has 0 spiro atoms. The molecule has 2 rings (SSSR count). The molecule has 3 amide bonds. The van der Waals surface area contributed by atoms with E-state index in [1.807, 2.05) is 0 Å². The van der Waals surface area contributed by atoms with Gasteiger partial charge in [0, 0.05) is 19.5 Å². The van der Waals surface area contributed by atoms with E-state index in [1.54, 1.807) is 0 Å². The Balaban J connectivity index is 1.91. The van der Waals surface area contributed by atoms with Crippen LogP contribution in [0.2, 0.25) is 0 Å². The van der Waals surface area contributed by atoms with Gasteiger partial charge in [-0.15, -0.1) is 0 Å². The summed E-state index contributed by atoms with van der Waals surface area (Å²) in [4.78, 5) is 35.0. The van der Waals surface area contributed by atoms with E-state index in [-0.39, 0.29) is 18.4 Å². The molecule has 7 heteroatoms. The number of likely N-dealkylation sites (tertiary alicyclic amines) is 1. The number of nitrogens with one attached hydrogen (secondary N) is 2. The van der Waals surface area contributed by atoms with Crippen molar-refractivity contribution in [3.8, 4) is 0 Å². The highest BCUT2D eigenvalue weighted by Gasteiger charge is 2.35. The predicted molar refractivity (Wildman–Crippen MR) is 57.3 cm³/mol. The van der Waals surface area contributed by atoms with E-state index >= 15 is 0 Å². The number of carboxylic acid groups (broad SMARTS) is 1. The number of amides is 3. The molecule has 0 saturated carbocycles. The molecule has 2 aliphatic heterocycles. The van der Waals surface area contributed by atoms with E-state index in [2.05, 4.69) is 10.6 Å². The van der Waals surface area contributed by atoms with Crippen LogP contribution in [0.5, 0.6) is 0 Å². The molecule has 2 heterocycles. The Bertz CT molecular complexity index is 357. The van der Waals surface area contributed by atoms with Crippen LogP contribution in [0.4, 0.5) is 4.79 Å². The predicted octanol–water partition coefficient (Wildman–Crippen LogP) is -0.866. The molecule has 2 fully saturated rings. The number of carbonyl (C=O) groups is 3. The minimum Gasteiger partial charge on any atom is -0.480 e. The van der Waals surface area contributed by atoms with E-state index < -0.39 is 18.0 Å². The summed E-state index contributed by atoms with van der Waals surface area (Å²) >= 11 is 0. The van der Waals surface area contributed by atoms with Crippen molar-refractivity contribution in [2.75, 3.05) is 13.1 Å². The van der Waals surface area contributed by atoms with E-state index in [1.165, 1.54) is 4.90 Å². The molecule has 2 atom stereocenters. The zero-order valence-corrected chi connectivity index (χ0v) is 9.31. The molecule has 7 nitrogen and oxygen atoms in total. The molecule has 0 aliphatic carbocycles. The van der Waals surface area contributed by atoms with E-state index in [9.17, 15) is 14.4 Å². The molecule has 0 aromatic heterocycles. The van der Waals surface area contributed by atoms with Crippen molar-refractivity contribution >= 4 is 17.9 Å². The Morgan fingerprint density at radius 2 is 2.24 bits per heavy atom. The lowest BCUT2D eigenvalue weighted by molar-refractivity contribution is -0.141. The van der Waals surface area contributed by atoms with Gasteiger partial charge in [0.15, 0.2) is 0 Å². The van der Waals surface area contributed by atoms with Crippen LogP contribution in [0.25, 0.3) is 0 Å². The second kappa shape index (κ2) is 4.60. The third kappa shape index (κ3) is 2.48. The quantitative estimate of drug-likeness (QED) is 0.585. The smallest absolute Gasteiger partial charge is 0.326 e. The standard InChI is InChI=1S/C10H15N3O4/c14-8-4-6(5-11-8)12-10(17)13-3-1-2-7(13)9(15)16/h6-7H,1-5H2,(H,11,14)(H,12,17)(H,15,16)/t6?,7-/m1/s1. The Hall–Kier alpha value is -1.79. The lowest BCUT2D eigenvalue weighted by Crippen LogP contribution is -2.49. The highest BCUT2D eigenvalue weighted by Crippen LogP contribution is 2.17. The fourth-order valence-corrected chi connectivity index (χ4v) is 2.23. The summed E-state index contributed by atoms with van der Waals surface area (Å²) in [7, 11) is 0. The number of carboxylic acids is 1. The van der Waals surface area contributed by atoms with Gasteiger partial charge in [0.2, 0.25) is 5.91 Å². The maximum atomic E-state index is 11.8. The normalized spacial score (nSPS) is 28.0. The lowest BCUT2D eigenvalue weighted by Gasteiger charge is -2.23. The zero-order valence-electron chi connectivity index (χ0n) is 9.31. The Labute approximate surface area is 98.2 Å². The van der Waals surface area contributed by atoms with Crippen molar-refractivity contribution in [2.24, 2.45) is 0 Å². The minimum atomic E-state index is -0.974. The van der Waals surface area contributed by atoms with Gasteiger partial charge in [-0.25, -0.2) is 9.59 Å². The molecule has 0 aromatic carbocycles. The average Bonchev–Trinajstić information content (AvgIpc) is 2.86. The second-order valence-electron chi connectivity index (χ2n) is 4.34. The second-order valence-corrected chi connectivity index (χ2v) is 4.34. The van der Waals surface area contributed by atoms with Gasteiger partial charge in [-0.1, -0.05) is 0 Å². The number of urea groups is 1. The largest absolute Gasteiger partial charge is 0.480 e. The van der Waals surface area contributed by atoms with Gasteiger partial charge in [-0.05, 0) is 12.8 Å². The summed E-state index contributed by atoms with van der Waals surface area (Å²) in [5, 5.41) is 14.2. The Kier molecular flexibility index (Phi) is 3.16. The number of rotatable bonds is 2. The molecule has 2 aliphatic rings. The lowest BCUT2D eigenvalue weighted by atomic mass is 10.2. The van der Waals surface area contributed by atoms with Crippen LogP contribution >= 0.6 is 0 Å². The van der Waals surface area contributed by atoms with Crippen molar-refractivity contribution < 1.29 is 19.5 Å². The van der Waals surface area contributed by atoms with Gasteiger partial charge >= 0.3 is 12.0 Å². The fourth-order valence-electron chi connectivity index (χ4n) is 2.23. The first-order valence-corrected chi connectivity index (χ1v) is 5.64. The first-order valence-electron chi connectivity index (χ1n) is 5.64. The van der Waals surface area contributed by atoms with E-state index in [0.29, 0.717) is 25.9 Å². The number of hydrogen-bond acceptors (Lipinski definition) is 3. The summed E-state index contributed by atoms with van der Waals surface area (Å²) in [6, 6.07) is -1.36. The first kappa shape index (κ1) is 11.7. The van der Waals surface area contributed by atoms with Gasteiger partial charge in [0.1, 0.15) is 6.04 Å². The van der Waals surface area contributed by atoms with Crippen LogP contribution in [-0.2, 0) is 9.59 Å². The molecule has 0 radical (unpaired) electrons. The topological polar surface area (TPSA) is 98.7 Å². The third-order valence-corrected chi connectivity index (χ3v) is 3.10. The first-order chi connectivity index (χ1) is 8.08. The van der Waals surface area contributed by atoms with Gasteiger partial charge in [0.05, 0.1) is 6.04 Å². The van der Waals surface area contributed by atoms with Crippen LogP contribution in [0.1, 0.15) is 19.3 Å². The molecule has 0 bridgehead atoms. The van der Waals surface area contributed by atoms with Gasteiger partial charge < -0.3 is 20.6 Å². The highest BCUT2D eigenvalue weighted by molar-refractivity contribution is 5.85. The van der Waals surface area contributed by atoms with Gasteiger partial charge in [-0.2, -0.15) is 0 Å². The van der Waals surface area contributed by atoms with Crippen molar-refractivity contribution in [1.82, 2.24) is 15.5 Å². The maximum Gasteiger partial charge on any atom is 0.326 e. The van der Waals surface area contributed by atoms with Crippen LogP contribution in [-0.4, -0.2) is 53.1 Å². The molecule has 2 saturated heterocycles. The summed E-state index contributed by atoms with van der Waals surface area (Å²) in [6.07, 6.45) is 1.45. The highest BCUT2D eigenvalue weighted by atomic mass is 16.4. The van der Waals surface area contributed by atoms with Crippen molar-refractivity contribution in [3.05, 3.63) is 0 Å². The molecular formula is C10H15N3O4. The number of aliphatic carboxylic acids is 1. The van der Waals surface area contributed by atoms with Crippen molar-refractivity contribution in [2.45, 2.75) is 31.3 Å². The summed E-state index contributed by atoms with van der Waals surface area (Å²) < 4.78 is 0. The minimum absolute atomic E-state index is 0.0912. The van der Waals surface area contributed by atoms with E-state index in [0.717, 1.165) is 0 Å². The Morgan fingerprint density at radius 1 is 1.47 bits per heavy atom. The molecule has 1 unspecified atom stereocenters. The number of hydrogen-bond donors (Lipinski definition) is 3. The van der Waals surface area contributed by atoms with E-state index in [4.69, 9.17) is 5.11 Å². The zero-order chi connectivity index (χ0) is 12.4. The van der Waals surface area contributed by atoms with Crippen LogP contribution in [0, 0.1) is 0 Å². The summed E-state index contributed by atoms with van der Waals surface area (Å²) in [5.41, 5.74) is 0. The monoisotopic (exact) mass is 241 g/mol. The molecule has 0 aromatic rings. The fraction of sp³-hybridized carbons (Fsp3) is 0.700. The SMILES string of the molecule is O=C1CC(NC(=O)N2CCC[C@@H]2C(=O)O)CN1. The van der Waals surface area contributed by atoms with Crippen LogP contribution in [0.15, 0.2) is 0 Å². The average molecular weight is 241 g/mol. The number of carbonyl (C=O) groups excluding carboxylic acids is 2. The summed E-state index contributed by atoms with van der Waals surface area (Å²) in [5.74, 6) is -1.07. The van der Waals surface area contributed by atoms with Crippen molar-refractivity contribution in [3.63, 3.8) is 0 Å². The van der Waals surface area contributed by atoms with Gasteiger partial charge in [0.25, 0.3) is 0 Å². The molecule has 17 heavy (non-hydrogen) atoms. The molecule has 3 N–H and O–H groups in total. The molecular weight excluding hydrogens is 226 g/mol.